The summed E-state index contributed by atoms with van der Waals surface area (Å²) in [6.45, 7) is 1.10. The maximum absolute atomic E-state index is 14.2. The fourth-order valence-corrected chi connectivity index (χ4v) is 3.90. The zero-order valence-electron chi connectivity index (χ0n) is 26.5. The van der Waals surface area contributed by atoms with Gasteiger partial charge in [0, 0.05) is 0 Å². The highest BCUT2D eigenvalue weighted by molar-refractivity contribution is 5.20. The average Bonchev–Trinajstić information content (AvgIpc) is 2.98. The van der Waals surface area contributed by atoms with Gasteiger partial charge in [-0.05, 0) is 12.8 Å². The molecule has 0 aromatic carbocycles. The van der Waals surface area contributed by atoms with Crippen molar-refractivity contribution in [1.29, 1.82) is 0 Å². The minimum absolute atomic E-state index is 0.1000. The summed E-state index contributed by atoms with van der Waals surface area (Å²) in [6, 6.07) is 0. The quantitative estimate of drug-likeness (QED) is 0.0753. The van der Waals surface area contributed by atoms with Gasteiger partial charge in [-0.25, -0.2) is 0 Å². The summed E-state index contributed by atoms with van der Waals surface area (Å²) >= 11 is 0. The maximum atomic E-state index is 14.2. The molecule has 332 valence electrons. The van der Waals surface area contributed by atoms with Crippen molar-refractivity contribution in [3.63, 3.8) is 0 Å². The molecule has 0 aliphatic heterocycles. The van der Waals surface area contributed by atoms with E-state index >= 15 is 0 Å². The second-order valence-electron chi connectivity index (χ2n) is 11.2. The lowest BCUT2D eigenvalue weighted by atomic mass is 9.83. The van der Waals surface area contributed by atoms with Crippen LogP contribution in [0.25, 0.3) is 0 Å². The van der Waals surface area contributed by atoms with Crippen molar-refractivity contribution in [3.05, 3.63) is 15.3 Å². The molecule has 0 heterocycles. The molecule has 0 aliphatic rings. The minimum atomic E-state index is -9.75. The molecule has 0 atom stereocenters. The van der Waals surface area contributed by atoms with Crippen molar-refractivity contribution < 1.29 is 129 Å². The molecule has 0 aliphatic carbocycles. The highest BCUT2D eigenvalue weighted by Gasteiger charge is 3.00. The van der Waals surface area contributed by atoms with Crippen molar-refractivity contribution in [2.24, 2.45) is 0 Å². The first kappa shape index (κ1) is 54.4. The number of alkyl halides is 27. The molecule has 0 fully saturated rings. The molecule has 0 spiro atoms. The molecule has 0 unspecified atom stereocenters. The maximum Gasteiger partial charge on any atom is 0.460 e. The Bertz CT molecular complexity index is 1250. The van der Waals surface area contributed by atoms with Gasteiger partial charge in [-0.15, -0.1) is 0 Å². The Morgan fingerprint density at radius 2 is 0.582 bits per heavy atom. The Balaban J connectivity index is 0. The largest absolute Gasteiger partial charge is 0.460 e. The summed E-state index contributed by atoms with van der Waals surface area (Å²) in [5, 5.41) is 14.8. The Labute approximate surface area is 287 Å². The van der Waals surface area contributed by atoms with Crippen LogP contribution in [0.5, 0.6) is 0 Å². The Morgan fingerprint density at radius 3 is 0.782 bits per heavy atom. The number of nitrogens with zero attached hydrogens (tertiary/aromatic N) is 1. The number of halogens is 27. The Morgan fingerprint density at radius 1 is 0.382 bits per heavy atom. The van der Waals surface area contributed by atoms with E-state index in [0.717, 1.165) is 0 Å². The molecule has 0 saturated carbocycles. The summed E-state index contributed by atoms with van der Waals surface area (Å²) in [5.41, 5.74) is 0. The topological polar surface area (TPSA) is 70.6 Å². The van der Waals surface area contributed by atoms with Crippen molar-refractivity contribution >= 4 is 0 Å². The van der Waals surface area contributed by atoms with E-state index in [1.807, 2.05) is 0 Å². The van der Waals surface area contributed by atoms with Crippen LogP contribution in [-0.2, 0) is 0 Å². The van der Waals surface area contributed by atoms with E-state index in [-0.39, 0.29) is 43.7 Å². The molecule has 0 radical (unpaired) electrons. The third kappa shape index (κ3) is 8.75. The number of hydrogen-bond acceptors (Lipinski definition) is 3. The Hall–Kier alpha value is -2.73. The summed E-state index contributed by atoms with van der Waals surface area (Å²) < 4.78 is 368. The van der Waals surface area contributed by atoms with E-state index in [9.17, 15) is 119 Å². The highest BCUT2D eigenvalue weighted by atomic mass is 19.4. The first-order chi connectivity index (χ1) is 23.7. The molecule has 55 heavy (non-hydrogen) atoms. The van der Waals surface area contributed by atoms with E-state index in [2.05, 4.69) is 0 Å². The zero-order valence-corrected chi connectivity index (χ0v) is 26.5. The minimum Gasteiger partial charge on any atom is -0.356 e. The first-order valence-electron chi connectivity index (χ1n) is 14.0. The molecule has 1 N–H and O–H groups in total. The fourth-order valence-electron chi connectivity index (χ4n) is 3.90. The number of rotatable bonds is 20. The van der Waals surface area contributed by atoms with Gasteiger partial charge in [-0.3, -0.25) is 0 Å². The van der Waals surface area contributed by atoms with Gasteiger partial charge in [0.2, 0.25) is 0 Å². The molecule has 0 aromatic rings. The summed E-state index contributed by atoms with van der Waals surface area (Å²) in [6.07, 6.45) is -10.2. The molecule has 5 nitrogen and oxygen atoms in total. The summed E-state index contributed by atoms with van der Waals surface area (Å²) in [7, 11) is 0. The van der Waals surface area contributed by atoms with Crippen LogP contribution in [0.15, 0.2) is 0 Å². The normalized spacial score (nSPS) is 15.6. The van der Waals surface area contributed by atoms with Gasteiger partial charge in [-0.2, -0.15) is 119 Å². The monoisotopic (exact) mass is 888 g/mol. The van der Waals surface area contributed by atoms with Gasteiger partial charge in [-0.1, -0.05) is 26.7 Å². The molecular formula is C23H23F27N2O3. The number of nitrogens with one attached hydrogen (secondary N) is 1. The Kier molecular flexibility index (Phi) is 16.1. The number of quaternary nitrogens is 1. The van der Waals surface area contributed by atoms with E-state index in [0.29, 0.717) is 0 Å². The third-order valence-corrected chi connectivity index (χ3v) is 7.32. The predicted octanol–water partition coefficient (Wildman–Crippen LogP) is 9.81. The second-order valence-corrected chi connectivity index (χ2v) is 11.2. The molecule has 0 aromatic heterocycles. The van der Waals surface area contributed by atoms with Crippen LogP contribution in [0.2, 0.25) is 0 Å². The van der Waals surface area contributed by atoms with E-state index in [1.54, 1.807) is 0 Å². The molecule has 32 heteroatoms. The smallest absolute Gasteiger partial charge is 0.356 e. The highest BCUT2D eigenvalue weighted by Crippen LogP contribution is 2.68. The van der Waals surface area contributed by atoms with Crippen LogP contribution < -0.4 is 4.90 Å². The molecule has 0 saturated heterocycles. The first-order valence-corrected chi connectivity index (χ1v) is 14.0. The molecule has 0 amide bonds. The van der Waals surface area contributed by atoms with Crippen LogP contribution in [0.3, 0.4) is 0 Å². The number of hydrogen-bond donors (Lipinski definition) is 1. The second kappa shape index (κ2) is 16.3. The predicted molar refractivity (Wildman–Crippen MR) is 126 cm³/mol. The average molecular weight is 888 g/mol. The lowest BCUT2D eigenvalue weighted by Gasteiger charge is -2.46. The van der Waals surface area contributed by atoms with Gasteiger partial charge in [0.1, 0.15) is 0 Å². The summed E-state index contributed by atoms with van der Waals surface area (Å²) in [4.78, 5) is 8.08. The van der Waals surface area contributed by atoms with Crippen molar-refractivity contribution in [2.75, 3.05) is 19.6 Å². The van der Waals surface area contributed by atoms with Crippen molar-refractivity contribution in [3.8, 4) is 0 Å². The molecule has 0 rings (SSSR count). The molecular weight excluding hydrogens is 865 g/mol. The van der Waals surface area contributed by atoms with E-state index in [4.69, 9.17) is 15.3 Å². The van der Waals surface area contributed by atoms with Gasteiger partial charge >= 0.3 is 77.2 Å². The van der Waals surface area contributed by atoms with E-state index in [1.165, 1.54) is 13.8 Å². The van der Waals surface area contributed by atoms with Crippen LogP contribution in [0, 0.1) is 15.3 Å². The van der Waals surface area contributed by atoms with Crippen LogP contribution in [0.1, 0.15) is 46.0 Å². The van der Waals surface area contributed by atoms with Crippen LogP contribution >= 0.6 is 0 Å². The third-order valence-electron chi connectivity index (χ3n) is 7.32. The van der Waals surface area contributed by atoms with Crippen LogP contribution in [0.4, 0.5) is 119 Å². The van der Waals surface area contributed by atoms with E-state index < -0.39 is 95.3 Å². The lowest BCUT2D eigenvalue weighted by Crippen LogP contribution is -3.12. The molecule has 0 bridgehead atoms. The van der Waals surface area contributed by atoms with Gasteiger partial charge < -0.3 is 20.2 Å². The van der Waals surface area contributed by atoms with Gasteiger partial charge in [0.05, 0.1) is 31.1 Å². The standard InChI is InChI=1S/C23H22F27N.NO3/c1-3-5-8-51(9-6-4-2)10-7-11(24,25)12(26,27)13(28,29)14(30,31)15(32,33)16(34,35)17(36,37)18(38,39)19(40,41)20(42,43)21(44,45)22(46,47)23(48,49)50;2-1(3)4/h3-10H2,1-2H3;/q;-1/p+1. The zero-order chi connectivity index (χ0) is 45.3. The number of unbranched alkanes of at least 4 members (excludes halogenated alkanes) is 2. The SMILES string of the molecule is CCCC[NH+](CCCC)CCC(F)(F)C(F)(F)C(F)(F)C(F)(F)C(F)(F)C(F)(F)C(F)(F)C(F)(F)C(F)(F)C(F)(F)C(F)(F)C(F)(F)C(F)(F)F.O=[N+]([O-])[O-]. The van der Waals surface area contributed by atoms with Gasteiger partial charge in [0.15, 0.2) is 0 Å². The van der Waals surface area contributed by atoms with Crippen LogP contribution in [-0.4, -0.2) is 102 Å². The summed E-state index contributed by atoms with van der Waals surface area (Å²) in [5.74, 6) is -109. The van der Waals surface area contributed by atoms with Crippen molar-refractivity contribution in [1.82, 2.24) is 0 Å². The fraction of sp³-hybridized carbons (Fsp3) is 1.00. The lowest BCUT2D eigenvalue weighted by molar-refractivity contribution is -0.901. The van der Waals surface area contributed by atoms with Crippen molar-refractivity contribution in [2.45, 2.75) is 123 Å². The van der Waals surface area contributed by atoms with Gasteiger partial charge in [0.25, 0.3) is 0 Å².